The van der Waals surface area contributed by atoms with Crippen LogP contribution < -0.4 is 5.32 Å². The second kappa shape index (κ2) is 7.06. The SMILES string of the molecule is CN(CC(=O)NC[C@H]1CCCO1)Cc1nc2ccc(F)cc2[nH]1. The van der Waals surface area contributed by atoms with Gasteiger partial charge >= 0.3 is 0 Å². The van der Waals surface area contributed by atoms with E-state index in [2.05, 4.69) is 15.3 Å². The lowest BCUT2D eigenvalue weighted by Gasteiger charge is -2.16. The van der Waals surface area contributed by atoms with Gasteiger partial charge in [0.05, 0.1) is 30.2 Å². The summed E-state index contributed by atoms with van der Waals surface area (Å²) in [6.45, 7) is 2.12. The number of amides is 1. The zero-order valence-electron chi connectivity index (χ0n) is 13.1. The molecule has 0 spiro atoms. The topological polar surface area (TPSA) is 70.2 Å². The molecule has 6 nitrogen and oxygen atoms in total. The summed E-state index contributed by atoms with van der Waals surface area (Å²) in [5.41, 5.74) is 1.38. The third-order valence-electron chi connectivity index (χ3n) is 3.88. The van der Waals surface area contributed by atoms with Gasteiger partial charge in [0.25, 0.3) is 0 Å². The summed E-state index contributed by atoms with van der Waals surface area (Å²) < 4.78 is 18.6. The van der Waals surface area contributed by atoms with Crippen LogP contribution in [0, 0.1) is 5.82 Å². The van der Waals surface area contributed by atoms with Crippen LogP contribution in [0.3, 0.4) is 0 Å². The van der Waals surface area contributed by atoms with Crippen molar-refractivity contribution in [2.75, 3.05) is 26.7 Å². The number of halogens is 1. The minimum absolute atomic E-state index is 0.0369. The molecule has 1 aliphatic heterocycles. The molecule has 1 fully saturated rings. The lowest BCUT2D eigenvalue weighted by molar-refractivity contribution is -0.122. The number of carbonyl (C=O) groups excluding carboxylic acids is 1. The molecule has 2 N–H and O–H groups in total. The van der Waals surface area contributed by atoms with Gasteiger partial charge in [-0.1, -0.05) is 0 Å². The average molecular weight is 320 g/mol. The number of aromatic nitrogens is 2. The fourth-order valence-electron chi connectivity index (χ4n) is 2.76. The van der Waals surface area contributed by atoms with Crippen molar-refractivity contribution in [2.45, 2.75) is 25.5 Å². The number of hydrogen-bond acceptors (Lipinski definition) is 4. The number of rotatable bonds is 6. The van der Waals surface area contributed by atoms with Gasteiger partial charge in [-0.25, -0.2) is 9.37 Å². The van der Waals surface area contributed by atoms with Crippen molar-refractivity contribution < 1.29 is 13.9 Å². The third kappa shape index (κ3) is 4.27. The normalized spacial score (nSPS) is 18.0. The highest BCUT2D eigenvalue weighted by Crippen LogP contribution is 2.13. The van der Waals surface area contributed by atoms with E-state index in [1.54, 1.807) is 6.07 Å². The number of H-pyrrole nitrogens is 1. The van der Waals surface area contributed by atoms with Crippen LogP contribution in [-0.2, 0) is 16.1 Å². The fraction of sp³-hybridized carbons (Fsp3) is 0.500. The van der Waals surface area contributed by atoms with Crippen molar-refractivity contribution >= 4 is 16.9 Å². The van der Waals surface area contributed by atoms with E-state index >= 15 is 0 Å². The first kappa shape index (κ1) is 15.9. The number of carbonyl (C=O) groups is 1. The zero-order valence-corrected chi connectivity index (χ0v) is 13.1. The average Bonchev–Trinajstić information content (AvgIpc) is 3.13. The van der Waals surface area contributed by atoms with Crippen LogP contribution in [0.5, 0.6) is 0 Å². The number of likely N-dealkylation sites (N-methyl/N-ethyl adjacent to an activating group) is 1. The van der Waals surface area contributed by atoms with Gasteiger partial charge < -0.3 is 15.0 Å². The monoisotopic (exact) mass is 320 g/mol. The highest BCUT2D eigenvalue weighted by molar-refractivity contribution is 5.78. The Hall–Kier alpha value is -1.99. The molecule has 0 radical (unpaired) electrons. The molecule has 1 aromatic carbocycles. The Labute approximate surface area is 134 Å². The molecule has 1 saturated heterocycles. The number of nitrogens with zero attached hydrogens (tertiary/aromatic N) is 2. The second-order valence-corrected chi connectivity index (χ2v) is 5.96. The number of nitrogens with one attached hydrogen (secondary N) is 2. The van der Waals surface area contributed by atoms with Crippen LogP contribution in [0.2, 0.25) is 0 Å². The number of imidazole rings is 1. The first-order valence-corrected chi connectivity index (χ1v) is 7.81. The molecule has 0 bridgehead atoms. The summed E-state index contributed by atoms with van der Waals surface area (Å²) in [5, 5.41) is 2.89. The van der Waals surface area contributed by atoms with Crippen LogP contribution >= 0.6 is 0 Å². The van der Waals surface area contributed by atoms with Gasteiger partial charge in [0, 0.05) is 13.2 Å². The van der Waals surface area contributed by atoms with Crippen LogP contribution in [0.4, 0.5) is 4.39 Å². The molecule has 3 rings (SSSR count). The Morgan fingerprint density at radius 1 is 1.57 bits per heavy atom. The largest absolute Gasteiger partial charge is 0.376 e. The molecule has 0 saturated carbocycles. The number of hydrogen-bond donors (Lipinski definition) is 2. The predicted molar refractivity (Wildman–Crippen MR) is 84.4 cm³/mol. The lowest BCUT2D eigenvalue weighted by atomic mass is 10.2. The maximum absolute atomic E-state index is 13.2. The molecule has 2 aromatic rings. The Kier molecular flexibility index (Phi) is 4.88. The van der Waals surface area contributed by atoms with Gasteiger partial charge in [-0.3, -0.25) is 9.69 Å². The Bertz CT molecular complexity index is 682. The highest BCUT2D eigenvalue weighted by Gasteiger charge is 2.17. The number of fused-ring (bicyclic) bond motifs is 1. The number of ether oxygens (including phenoxy) is 1. The molecular weight excluding hydrogens is 299 g/mol. The summed E-state index contributed by atoms with van der Waals surface area (Å²) in [5.74, 6) is 0.375. The Balaban J connectivity index is 1.49. The maximum atomic E-state index is 13.2. The van der Waals surface area contributed by atoms with Gasteiger partial charge in [-0.15, -0.1) is 0 Å². The zero-order chi connectivity index (χ0) is 16.2. The molecule has 1 aromatic heterocycles. The molecule has 23 heavy (non-hydrogen) atoms. The van der Waals surface area contributed by atoms with E-state index < -0.39 is 0 Å². The minimum Gasteiger partial charge on any atom is -0.376 e. The van der Waals surface area contributed by atoms with E-state index in [1.807, 2.05) is 11.9 Å². The van der Waals surface area contributed by atoms with Crippen LogP contribution in [-0.4, -0.2) is 53.6 Å². The highest BCUT2D eigenvalue weighted by atomic mass is 19.1. The molecular formula is C16H21FN4O2. The summed E-state index contributed by atoms with van der Waals surface area (Å²) in [4.78, 5) is 21.3. The van der Waals surface area contributed by atoms with Gasteiger partial charge in [-0.05, 0) is 38.1 Å². The smallest absolute Gasteiger partial charge is 0.234 e. The summed E-state index contributed by atoms with van der Waals surface area (Å²) in [7, 11) is 1.85. The van der Waals surface area contributed by atoms with Gasteiger partial charge in [0.1, 0.15) is 11.6 Å². The molecule has 1 aliphatic rings. The van der Waals surface area contributed by atoms with Crippen LogP contribution in [0.25, 0.3) is 11.0 Å². The molecule has 0 unspecified atom stereocenters. The van der Waals surface area contributed by atoms with E-state index in [4.69, 9.17) is 4.74 Å². The molecule has 2 heterocycles. The summed E-state index contributed by atoms with van der Waals surface area (Å²) in [6.07, 6.45) is 2.22. The second-order valence-electron chi connectivity index (χ2n) is 5.96. The number of benzene rings is 1. The summed E-state index contributed by atoms with van der Waals surface area (Å²) in [6, 6.07) is 4.44. The van der Waals surface area contributed by atoms with Crippen molar-refractivity contribution in [2.24, 2.45) is 0 Å². The Morgan fingerprint density at radius 2 is 2.43 bits per heavy atom. The molecule has 0 aliphatic carbocycles. The maximum Gasteiger partial charge on any atom is 0.234 e. The van der Waals surface area contributed by atoms with Crippen molar-refractivity contribution in [3.05, 3.63) is 29.8 Å². The van der Waals surface area contributed by atoms with E-state index in [-0.39, 0.29) is 24.4 Å². The fourth-order valence-corrected chi connectivity index (χ4v) is 2.76. The number of aromatic amines is 1. The molecule has 1 amide bonds. The lowest BCUT2D eigenvalue weighted by Crippen LogP contribution is -2.38. The van der Waals surface area contributed by atoms with Crippen LogP contribution in [0.15, 0.2) is 18.2 Å². The quantitative estimate of drug-likeness (QED) is 0.845. The van der Waals surface area contributed by atoms with Crippen LogP contribution in [0.1, 0.15) is 18.7 Å². The predicted octanol–water partition coefficient (Wildman–Crippen LogP) is 1.43. The first-order valence-electron chi connectivity index (χ1n) is 7.81. The first-order chi connectivity index (χ1) is 11.1. The van der Waals surface area contributed by atoms with Gasteiger partial charge in [0.15, 0.2) is 0 Å². The van der Waals surface area contributed by atoms with Crippen molar-refractivity contribution in [1.82, 2.24) is 20.2 Å². The molecule has 7 heteroatoms. The third-order valence-corrected chi connectivity index (χ3v) is 3.88. The van der Waals surface area contributed by atoms with Crippen molar-refractivity contribution in [3.63, 3.8) is 0 Å². The van der Waals surface area contributed by atoms with Crippen molar-refractivity contribution in [1.29, 1.82) is 0 Å². The van der Waals surface area contributed by atoms with Crippen molar-refractivity contribution in [3.8, 4) is 0 Å². The Morgan fingerprint density at radius 3 is 3.22 bits per heavy atom. The van der Waals surface area contributed by atoms with E-state index in [0.29, 0.717) is 24.4 Å². The standard InChI is InChI=1S/C16H21FN4O2/c1-21(10-16(22)18-8-12-3-2-6-23-12)9-15-19-13-5-4-11(17)7-14(13)20-15/h4-5,7,12H,2-3,6,8-10H2,1H3,(H,18,22)(H,19,20)/t12-/m1/s1. The van der Waals surface area contributed by atoms with Gasteiger partial charge in [-0.2, -0.15) is 0 Å². The van der Waals surface area contributed by atoms with Gasteiger partial charge in [0.2, 0.25) is 5.91 Å². The molecule has 124 valence electrons. The minimum atomic E-state index is -0.297. The van der Waals surface area contributed by atoms with E-state index in [1.165, 1.54) is 12.1 Å². The van der Waals surface area contributed by atoms with E-state index in [0.717, 1.165) is 25.0 Å². The van der Waals surface area contributed by atoms with E-state index in [9.17, 15) is 9.18 Å². The summed E-state index contributed by atoms with van der Waals surface area (Å²) >= 11 is 0. The molecule has 1 atom stereocenters.